The molecule has 0 saturated heterocycles. The van der Waals surface area contributed by atoms with Gasteiger partial charge in [-0.15, -0.1) is 0 Å². The SMILES string of the molecule is CCCC1CC[C]C(C)(C)C1C. The summed E-state index contributed by atoms with van der Waals surface area (Å²) in [4.78, 5) is 0. The summed E-state index contributed by atoms with van der Waals surface area (Å²) >= 11 is 0. The van der Waals surface area contributed by atoms with Crippen molar-refractivity contribution in [3.63, 3.8) is 0 Å². The fraction of sp³-hybridized carbons (Fsp3) is 0.917. The molecule has 0 nitrogen and oxygen atoms in total. The minimum absolute atomic E-state index is 0.359. The van der Waals surface area contributed by atoms with Gasteiger partial charge in [-0.05, 0) is 36.5 Å². The van der Waals surface area contributed by atoms with Gasteiger partial charge in [0.1, 0.15) is 0 Å². The van der Waals surface area contributed by atoms with Crippen LogP contribution in [0.1, 0.15) is 53.4 Å². The highest BCUT2D eigenvalue weighted by molar-refractivity contribution is 4.96. The maximum Gasteiger partial charge on any atom is -0.0109 e. The van der Waals surface area contributed by atoms with Crippen LogP contribution in [0, 0.1) is 23.7 Å². The van der Waals surface area contributed by atoms with Gasteiger partial charge in [-0.3, -0.25) is 0 Å². The Bertz CT molecular complexity index is 133. The van der Waals surface area contributed by atoms with E-state index in [1.807, 2.05) is 0 Å². The lowest BCUT2D eigenvalue weighted by atomic mass is 9.63. The Morgan fingerprint density at radius 2 is 2.08 bits per heavy atom. The molecule has 2 atom stereocenters. The highest BCUT2D eigenvalue weighted by Crippen LogP contribution is 2.44. The molecule has 1 aliphatic carbocycles. The maximum absolute atomic E-state index is 3.60. The molecule has 0 bridgehead atoms. The van der Waals surface area contributed by atoms with E-state index in [1.165, 1.54) is 25.7 Å². The topological polar surface area (TPSA) is 0 Å². The summed E-state index contributed by atoms with van der Waals surface area (Å²) in [5.74, 6) is 1.78. The Labute approximate surface area is 77.7 Å². The molecule has 0 aromatic rings. The van der Waals surface area contributed by atoms with Crippen LogP contribution in [0.25, 0.3) is 0 Å². The Morgan fingerprint density at radius 1 is 1.42 bits per heavy atom. The zero-order chi connectivity index (χ0) is 9.19. The second-order valence-corrected chi connectivity index (χ2v) is 4.77. The first kappa shape index (κ1) is 10.1. The van der Waals surface area contributed by atoms with Crippen LogP contribution in [0.3, 0.4) is 0 Å². The fourth-order valence-corrected chi connectivity index (χ4v) is 2.35. The molecule has 0 spiro atoms. The molecule has 1 fully saturated rings. The first-order valence-corrected chi connectivity index (χ1v) is 5.33. The average Bonchev–Trinajstić information content (AvgIpc) is 1.99. The summed E-state index contributed by atoms with van der Waals surface area (Å²) in [5, 5.41) is 0. The lowest BCUT2D eigenvalue weighted by molar-refractivity contribution is 0.133. The minimum atomic E-state index is 0.359. The molecule has 0 aromatic heterocycles. The van der Waals surface area contributed by atoms with E-state index in [1.54, 1.807) is 0 Å². The Morgan fingerprint density at radius 3 is 2.67 bits per heavy atom. The smallest absolute Gasteiger partial charge is 0.0109 e. The van der Waals surface area contributed by atoms with Crippen molar-refractivity contribution in [3.05, 3.63) is 6.42 Å². The molecule has 1 saturated carbocycles. The monoisotopic (exact) mass is 166 g/mol. The van der Waals surface area contributed by atoms with Gasteiger partial charge < -0.3 is 0 Å². The van der Waals surface area contributed by atoms with E-state index in [0.29, 0.717) is 5.41 Å². The van der Waals surface area contributed by atoms with Gasteiger partial charge >= 0.3 is 0 Å². The standard InChI is InChI=1S/C12H22/c1-5-7-11-8-6-9-12(3,4)10(11)2/h10-11H,5-8H2,1-4H3. The molecule has 1 rings (SSSR count). The number of rotatable bonds is 2. The van der Waals surface area contributed by atoms with Gasteiger partial charge in [0.15, 0.2) is 0 Å². The molecule has 2 unspecified atom stereocenters. The molecule has 0 heterocycles. The minimum Gasteiger partial charge on any atom is -0.0654 e. The highest BCUT2D eigenvalue weighted by Gasteiger charge is 2.35. The second kappa shape index (κ2) is 3.81. The van der Waals surface area contributed by atoms with Crippen molar-refractivity contribution in [1.82, 2.24) is 0 Å². The predicted molar refractivity (Wildman–Crippen MR) is 53.8 cm³/mol. The van der Waals surface area contributed by atoms with E-state index in [0.717, 1.165) is 11.8 Å². The first-order chi connectivity index (χ1) is 5.58. The summed E-state index contributed by atoms with van der Waals surface area (Å²) in [5.41, 5.74) is 0.359. The van der Waals surface area contributed by atoms with E-state index in [-0.39, 0.29) is 0 Å². The zero-order valence-electron chi connectivity index (χ0n) is 8.98. The third-order valence-electron chi connectivity index (χ3n) is 3.60. The van der Waals surface area contributed by atoms with Crippen LogP contribution in [-0.4, -0.2) is 0 Å². The van der Waals surface area contributed by atoms with Gasteiger partial charge in [-0.25, -0.2) is 0 Å². The summed E-state index contributed by atoms with van der Waals surface area (Å²) in [6, 6.07) is 0. The molecule has 1 aliphatic rings. The van der Waals surface area contributed by atoms with Gasteiger partial charge in [-0.2, -0.15) is 0 Å². The van der Waals surface area contributed by atoms with Crippen LogP contribution >= 0.6 is 0 Å². The lowest BCUT2D eigenvalue weighted by Crippen LogP contribution is -2.33. The number of hydrogen-bond donors (Lipinski definition) is 0. The summed E-state index contributed by atoms with van der Waals surface area (Å²) < 4.78 is 0. The van der Waals surface area contributed by atoms with E-state index in [9.17, 15) is 0 Å². The van der Waals surface area contributed by atoms with Crippen molar-refractivity contribution in [2.24, 2.45) is 17.3 Å². The Kier molecular flexibility index (Phi) is 3.20. The van der Waals surface area contributed by atoms with Crippen LogP contribution in [0.5, 0.6) is 0 Å². The molecule has 12 heavy (non-hydrogen) atoms. The first-order valence-electron chi connectivity index (χ1n) is 5.33. The summed E-state index contributed by atoms with van der Waals surface area (Å²) in [6.45, 7) is 9.35. The van der Waals surface area contributed by atoms with E-state index < -0.39 is 0 Å². The van der Waals surface area contributed by atoms with Crippen molar-refractivity contribution in [3.8, 4) is 0 Å². The Balaban J connectivity index is 2.54. The molecule has 0 amide bonds. The van der Waals surface area contributed by atoms with Gasteiger partial charge in [0.25, 0.3) is 0 Å². The molecular weight excluding hydrogens is 144 g/mol. The van der Waals surface area contributed by atoms with E-state index in [4.69, 9.17) is 0 Å². The van der Waals surface area contributed by atoms with Crippen LogP contribution in [0.2, 0.25) is 0 Å². The molecule has 2 radical (unpaired) electrons. The quantitative estimate of drug-likeness (QED) is 0.583. The van der Waals surface area contributed by atoms with Crippen molar-refractivity contribution in [2.75, 3.05) is 0 Å². The predicted octanol–water partition coefficient (Wildman–Crippen LogP) is 3.94. The van der Waals surface area contributed by atoms with E-state index in [2.05, 4.69) is 34.1 Å². The van der Waals surface area contributed by atoms with Crippen LogP contribution in [-0.2, 0) is 0 Å². The second-order valence-electron chi connectivity index (χ2n) is 4.77. The third-order valence-corrected chi connectivity index (χ3v) is 3.60. The number of hydrogen-bond acceptors (Lipinski definition) is 0. The molecular formula is C12H22. The van der Waals surface area contributed by atoms with Crippen molar-refractivity contribution < 1.29 is 0 Å². The van der Waals surface area contributed by atoms with Gasteiger partial charge in [0, 0.05) is 0 Å². The van der Waals surface area contributed by atoms with Gasteiger partial charge in [-0.1, -0.05) is 40.5 Å². The highest BCUT2D eigenvalue weighted by atomic mass is 14.4. The third kappa shape index (κ3) is 2.02. The van der Waals surface area contributed by atoms with Crippen molar-refractivity contribution in [2.45, 2.75) is 53.4 Å². The maximum atomic E-state index is 3.60. The van der Waals surface area contributed by atoms with E-state index >= 15 is 0 Å². The summed E-state index contributed by atoms with van der Waals surface area (Å²) in [6.07, 6.45) is 8.93. The largest absolute Gasteiger partial charge is 0.0654 e. The van der Waals surface area contributed by atoms with Gasteiger partial charge in [0.05, 0.1) is 0 Å². The van der Waals surface area contributed by atoms with Crippen LogP contribution in [0.4, 0.5) is 0 Å². The zero-order valence-corrected chi connectivity index (χ0v) is 8.98. The summed E-state index contributed by atoms with van der Waals surface area (Å²) in [7, 11) is 0. The average molecular weight is 166 g/mol. The van der Waals surface area contributed by atoms with Crippen molar-refractivity contribution in [1.29, 1.82) is 0 Å². The molecule has 0 N–H and O–H groups in total. The molecule has 70 valence electrons. The normalized spacial score (nSPS) is 35.0. The molecule has 0 heteroatoms. The van der Waals surface area contributed by atoms with Crippen LogP contribution in [0.15, 0.2) is 0 Å². The van der Waals surface area contributed by atoms with Crippen molar-refractivity contribution >= 4 is 0 Å². The van der Waals surface area contributed by atoms with Gasteiger partial charge in [0.2, 0.25) is 0 Å². The molecule has 0 aliphatic heterocycles. The fourth-order valence-electron chi connectivity index (χ4n) is 2.35. The van der Waals surface area contributed by atoms with Crippen LogP contribution < -0.4 is 0 Å². The molecule has 0 aromatic carbocycles. The Hall–Kier alpha value is 0. The lowest BCUT2D eigenvalue weighted by Gasteiger charge is -2.41.